The molecule has 0 fully saturated rings. The maximum Gasteiger partial charge on any atom is 0.322 e. The quantitative estimate of drug-likeness (QED) is 0.504. The summed E-state index contributed by atoms with van der Waals surface area (Å²) in [6.07, 6.45) is -0.674. The van der Waals surface area contributed by atoms with Crippen LogP contribution in [0, 0.1) is 6.92 Å². The number of rotatable bonds is 6. The Balaban J connectivity index is 2.07. The van der Waals surface area contributed by atoms with E-state index in [1.54, 1.807) is 24.3 Å². The maximum absolute atomic E-state index is 11.5. The van der Waals surface area contributed by atoms with E-state index in [0.717, 1.165) is 11.3 Å². The molecular weight excluding hydrogens is 284 g/mol. The Kier molecular flexibility index (Phi) is 5.14. The van der Waals surface area contributed by atoms with Crippen LogP contribution in [0.4, 0.5) is 0 Å². The van der Waals surface area contributed by atoms with E-state index in [1.165, 1.54) is 0 Å². The van der Waals surface area contributed by atoms with Gasteiger partial charge < -0.3 is 14.6 Å². The predicted octanol–water partition coefficient (Wildman–Crippen LogP) is 2.95. The van der Waals surface area contributed by atoms with Gasteiger partial charge >= 0.3 is 11.9 Å². The summed E-state index contributed by atoms with van der Waals surface area (Å²) in [5, 5.41) is 8.59. The molecule has 0 atom stereocenters. The zero-order valence-corrected chi connectivity index (χ0v) is 12.1. The van der Waals surface area contributed by atoms with Gasteiger partial charge in [0.05, 0.1) is 0 Å². The van der Waals surface area contributed by atoms with Crippen LogP contribution in [-0.2, 0) is 16.2 Å². The lowest BCUT2D eigenvalue weighted by molar-refractivity contribution is -0.145. The molecule has 0 radical (unpaired) electrons. The Morgan fingerprint density at radius 2 is 1.64 bits per heavy atom. The van der Waals surface area contributed by atoms with Crippen LogP contribution >= 0.6 is 0 Å². The monoisotopic (exact) mass is 300 g/mol. The summed E-state index contributed by atoms with van der Waals surface area (Å²) in [4.78, 5) is 22.0. The molecule has 2 aromatic rings. The smallest absolute Gasteiger partial charge is 0.322 e. The van der Waals surface area contributed by atoms with Crippen molar-refractivity contribution in [3.8, 4) is 11.5 Å². The first-order valence-corrected chi connectivity index (χ1v) is 6.75. The summed E-state index contributed by atoms with van der Waals surface area (Å²) in [5.74, 6) is -0.981. The Hall–Kier alpha value is -2.82. The largest absolute Gasteiger partial charge is 0.488 e. The summed E-state index contributed by atoms with van der Waals surface area (Å²) < 4.78 is 10.8. The highest BCUT2D eigenvalue weighted by molar-refractivity contribution is 5.91. The fourth-order valence-electron chi connectivity index (χ4n) is 1.88. The van der Waals surface area contributed by atoms with Crippen molar-refractivity contribution >= 4 is 11.9 Å². The lowest BCUT2D eigenvalue weighted by Crippen LogP contribution is -2.14. The van der Waals surface area contributed by atoms with E-state index < -0.39 is 18.4 Å². The SMILES string of the molecule is Cc1ccccc1OCc1ccccc1OC(=O)CC(=O)O. The molecule has 2 aromatic carbocycles. The van der Waals surface area contributed by atoms with E-state index in [2.05, 4.69) is 0 Å². The van der Waals surface area contributed by atoms with Gasteiger partial charge in [0, 0.05) is 5.56 Å². The molecule has 2 rings (SSSR count). The van der Waals surface area contributed by atoms with E-state index in [9.17, 15) is 9.59 Å². The summed E-state index contributed by atoms with van der Waals surface area (Å²) >= 11 is 0. The van der Waals surface area contributed by atoms with Crippen molar-refractivity contribution in [2.45, 2.75) is 20.0 Å². The van der Waals surface area contributed by atoms with Crippen molar-refractivity contribution in [3.05, 3.63) is 59.7 Å². The summed E-state index contributed by atoms with van der Waals surface area (Å²) in [6.45, 7) is 2.16. The van der Waals surface area contributed by atoms with Crippen LogP contribution < -0.4 is 9.47 Å². The number of carboxylic acid groups (broad SMARTS) is 1. The minimum Gasteiger partial charge on any atom is -0.488 e. The number of aliphatic carboxylic acids is 1. The number of para-hydroxylation sites is 2. The molecule has 0 amide bonds. The topological polar surface area (TPSA) is 72.8 Å². The lowest BCUT2D eigenvalue weighted by atomic mass is 10.2. The van der Waals surface area contributed by atoms with Gasteiger partial charge in [0.25, 0.3) is 0 Å². The molecule has 0 unspecified atom stereocenters. The number of carbonyl (C=O) groups excluding carboxylic acids is 1. The number of hydrogen-bond donors (Lipinski definition) is 1. The average molecular weight is 300 g/mol. The van der Waals surface area contributed by atoms with Crippen LogP contribution in [0.25, 0.3) is 0 Å². The molecule has 5 nitrogen and oxygen atoms in total. The van der Waals surface area contributed by atoms with E-state index in [-0.39, 0.29) is 6.61 Å². The molecule has 0 saturated heterocycles. The number of ether oxygens (including phenoxy) is 2. The van der Waals surface area contributed by atoms with E-state index in [0.29, 0.717) is 11.3 Å². The zero-order valence-electron chi connectivity index (χ0n) is 12.1. The maximum atomic E-state index is 11.5. The third-order valence-corrected chi connectivity index (χ3v) is 2.97. The van der Waals surface area contributed by atoms with Crippen molar-refractivity contribution < 1.29 is 24.2 Å². The Labute approximate surface area is 128 Å². The van der Waals surface area contributed by atoms with Crippen molar-refractivity contribution in [2.24, 2.45) is 0 Å². The highest BCUT2D eigenvalue weighted by Crippen LogP contribution is 2.23. The van der Waals surface area contributed by atoms with Gasteiger partial charge in [-0.05, 0) is 24.6 Å². The molecule has 0 aliphatic rings. The van der Waals surface area contributed by atoms with Crippen LogP contribution in [0.5, 0.6) is 11.5 Å². The van der Waals surface area contributed by atoms with Gasteiger partial charge in [-0.1, -0.05) is 36.4 Å². The molecule has 22 heavy (non-hydrogen) atoms. The van der Waals surface area contributed by atoms with Crippen molar-refractivity contribution in [2.75, 3.05) is 0 Å². The van der Waals surface area contributed by atoms with Crippen LogP contribution in [0.1, 0.15) is 17.5 Å². The average Bonchev–Trinajstić information content (AvgIpc) is 2.47. The Morgan fingerprint density at radius 1 is 1.00 bits per heavy atom. The number of hydrogen-bond acceptors (Lipinski definition) is 4. The second-order valence-electron chi connectivity index (χ2n) is 4.71. The number of carbonyl (C=O) groups is 2. The van der Waals surface area contributed by atoms with Crippen LogP contribution in [-0.4, -0.2) is 17.0 Å². The molecule has 0 aromatic heterocycles. The molecule has 5 heteroatoms. The first-order valence-electron chi connectivity index (χ1n) is 6.75. The number of aryl methyl sites for hydroxylation is 1. The van der Waals surface area contributed by atoms with Gasteiger partial charge in [-0.25, -0.2) is 0 Å². The lowest BCUT2D eigenvalue weighted by Gasteiger charge is -2.12. The molecule has 0 heterocycles. The standard InChI is InChI=1S/C17H16O5/c1-12-6-2-4-8-14(12)21-11-13-7-3-5-9-15(13)22-17(20)10-16(18)19/h2-9H,10-11H2,1H3,(H,18,19). The summed E-state index contributed by atoms with van der Waals surface area (Å²) in [6, 6.07) is 14.5. The van der Waals surface area contributed by atoms with Gasteiger partial charge in [-0.3, -0.25) is 9.59 Å². The predicted molar refractivity (Wildman–Crippen MR) is 79.8 cm³/mol. The Bertz CT molecular complexity index is 678. The van der Waals surface area contributed by atoms with Crippen LogP contribution in [0.3, 0.4) is 0 Å². The Morgan fingerprint density at radius 3 is 2.32 bits per heavy atom. The van der Waals surface area contributed by atoms with Crippen molar-refractivity contribution in [3.63, 3.8) is 0 Å². The molecule has 0 saturated carbocycles. The van der Waals surface area contributed by atoms with Gasteiger partial charge in [0.2, 0.25) is 0 Å². The van der Waals surface area contributed by atoms with E-state index >= 15 is 0 Å². The molecule has 114 valence electrons. The minimum atomic E-state index is -1.22. The fourth-order valence-corrected chi connectivity index (χ4v) is 1.88. The zero-order chi connectivity index (χ0) is 15.9. The van der Waals surface area contributed by atoms with E-state index in [4.69, 9.17) is 14.6 Å². The van der Waals surface area contributed by atoms with Crippen molar-refractivity contribution in [1.29, 1.82) is 0 Å². The summed E-state index contributed by atoms with van der Waals surface area (Å²) in [7, 11) is 0. The minimum absolute atomic E-state index is 0.224. The second kappa shape index (κ2) is 7.26. The van der Waals surface area contributed by atoms with Crippen molar-refractivity contribution in [1.82, 2.24) is 0 Å². The first kappa shape index (κ1) is 15.6. The van der Waals surface area contributed by atoms with Crippen LogP contribution in [0.2, 0.25) is 0 Å². The summed E-state index contributed by atoms with van der Waals surface area (Å²) in [5.41, 5.74) is 1.67. The van der Waals surface area contributed by atoms with Gasteiger partial charge in [-0.15, -0.1) is 0 Å². The molecule has 0 spiro atoms. The molecule has 0 bridgehead atoms. The van der Waals surface area contributed by atoms with Crippen LogP contribution in [0.15, 0.2) is 48.5 Å². The molecular formula is C17H16O5. The molecule has 0 aliphatic heterocycles. The number of carboxylic acids is 1. The van der Waals surface area contributed by atoms with Gasteiger partial charge in [-0.2, -0.15) is 0 Å². The normalized spacial score (nSPS) is 10.0. The number of benzene rings is 2. The fraction of sp³-hybridized carbons (Fsp3) is 0.176. The molecule has 1 N–H and O–H groups in total. The highest BCUT2D eigenvalue weighted by Gasteiger charge is 2.13. The van der Waals surface area contributed by atoms with Gasteiger partial charge in [0.1, 0.15) is 24.5 Å². The highest BCUT2D eigenvalue weighted by atomic mass is 16.5. The number of esters is 1. The van der Waals surface area contributed by atoms with E-state index in [1.807, 2.05) is 31.2 Å². The molecule has 0 aliphatic carbocycles. The van der Waals surface area contributed by atoms with Gasteiger partial charge in [0.15, 0.2) is 0 Å². The first-order chi connectivity index (χ1) is 10.6. The second-order valence-corrected chi connectivity index (χ2v) is 4.71. The third-order valence-electron chi connectivity index (χ3n) is 2.97. The third kappa shape index (κ3) is 4.34.